The zero-order chi connectivity index (χ0) is 6.41. The van der Waals surface area contributed by atoms with Crippen LogP contribution in [0.4, 0.5) is 0 Å². The van der Waals surface area contributed by atoms with Gasteiger partial charge in [0.15, 0.2) is 0 Å². The first kappa shape index (κ1) is 8.32. The summed E-state index contributed by atoms with van der Waals surface area (Å²) in [5.41, 5.74) is 0. The van der Waals surface area contributed by atoms with E-state index in [9.17, 15) is 3.83 Å². The average Bonchev–Trinajstić information content (AvgIpc) is 1.68. The molecule has 0 aliphatic carbocycles. The minimum atomic E-state index is -1.34. The van der Waals surface area contributed by atoms with Gasteiger partial charge in [0.1, 0.15) is 0 Å². The molecular formula is C6H14OSe. The summed E-state index contributed by atoms with van der Waals surface area (Å²) in [6, 6.07) is 0. The van der Waals surface area contributed by atoms with E-state index in [-0.39, 0.29) is 0 Å². The third-order valence-electron chi connectivity index (χ3n) is 0.864. The van der Waals surface area contributed by atoms with Gasteiger partial charge in [-0.15, -0.1) is 0 Å². The van der Waals surface area contributed by atoms with Gasteiger partial charge in [0, 0.05) is 0 Å². The Labute approximate surface area is 55.6 Å². The molecule has 2 heteroatoms. The molecule has 0 aliphatic rings. The standard InChI is InChI=1S/C6H14OSe/c1-3-5-8(7)6-4-2/h3-6H2,1-2H3. The summed E-state index contributed by atoms with van der Waals surface area (Å²) in [4.78, 5) is 0. The number of rotatable bonds is 4. The van der Waals surface area contributed by atoms with E-state index in [2.05, 4.69) is 13.8 Å². The molecule has 0 amide bonds. The molecule has 0 saturated heterocycles. The molecule has 0 atom stereocenters. The second-order valence-electron chi connectivity index (χ2n) is 1.85. The van der Waals surface area contributed by atoms with Crippen molar-refractivity contribution in [3.05, 3.63) is 0 Å². The Morgan fingerprint density at radius 1 is 1.12 bits per heavy atom. The summed E-state index contributed by atoms with van der Waals surface area (Å²) in [6.45, 7) is 4.17. The molecule has 0 bridgehead atoms. The third kappa shape index (κ3) is 4.48. The average molecular weight is 181 g/mol. The maximum atomic E-state index is 10.9. The van der Waals surface area contributed by atoms with Crippen molar-refractivity contribution in [3.8, 4) is 0 Å². The zero-order valence-corrected chi connectivity index (χ0v) is 7.36. The van der Waals surface area contributed by atoms with E-state index in [4.69, 9.17) is 0 Å². The van der Waals surface area contributed by atoms with Crippen LogP contribution in [0, 0.1) is 0 Å². The third-order valence-corrected chi connectivity index (χ3v) is 4.49. The van der Waals surface area contributed by atoms with E-state index >= 15 is 0 Å². The van der Waals surface area contributed by atoms with Crippen molar-refractivity contribution in [2.24, 2.45) is 0 Å². The first-order valence-corrected chi connectivity index (χ1v) is 6.28. The van der Waals surface area contributed by atoms with Gasteiger partial charge in [-0.3, -0.25) is 0 Å². The Hall–Kier alpha value is 0.319. The molecule has 0 heterocycles. The van der Waals surface area contributed by atoms with Crippen LogP contribution in [0.1, 0.15) is 26.7 Å². The van der Waals surface area contributed by atoms with Crippen molar-refractivity contribution in [1.29, 1.82) is 0 Å². The molecule has 0 aliphatic heterocycles. The molecule has 0 radical (unpaired) electrons. The number of hydrogen-bond acceptors (Lipinski definition) is 1. The molecule has 0 rings (SSSR count). The molecule has 0 spiro atoms. The Morgan fingerprint density at radius 3 is 1.75 bits per heavy atom. The van der Waals surface area contributed by atoms with E-state index in [0.717, 1.165) is 23.5 Å². The van der Waals surface area contributed by atoms with Gasteiger partial charge in [-0.2, -0.15) is 0 Å². The predicted molar refractivity (Wildman–Crippen MR) is 36.6 cm³/mol. The summed E-state index contributed by atoms with van der Waals surface area (Å²) in [7, 11) is 0. The molecule has 0 aromatic carbocycles. The molecule has 0 N–H and O–H groups in total. The normalized spacial score (nSPS) is 10.4. The van der Waals surface area contributed by atoms with Crippen LogP contribution >= 0.6 is 0 Å². The topological polar surface area (TPSA) is 17.1 Å². The van der Waals surface area contributed by atoms with E-state index in [0.29, 0.717) is 0 Å². The molecule has 50 valence electrons. The van der Waals surface area contributed by atoms with Crippen LogP contribution in [-0.4, -0.2) is 13.8 Å². The summed E-state index contributed by atoms with van der Waals surface area (Å²) < 4.78 is 10.9. The van der Waals surface area contributed by atoms with Gasteiger partial charge >= 0.3 is 55.0 Å². The van der Waals surface area contributed by atoms with Crippen molar-refractivity contribution in [2.75, 3.05) is 0 Å². The molecular weight excluding hydrogens is 167 g/mol. The molecule has 0 fully saturated rings. The Morgan fingerprint density at radius 2 is 1.50 bits per heavy atom. The molecule has 0 aromatic rings. The Balaban J connectivity index is 3.06. The van der Waals surface area contributed by atoms with Crippen molar-refractivity contribution in [3.63, 3.8) is 0 Å². The molecule has 8 heavy (non-hydrogen) atoms. The molecule has 0 aromatic heterocycles. The first-order chi connectivity index (χ1) is 3.81. The van der Waals surface area contributed by atoms with Gasteiger partial charge in [0.2, 0.25) is 0 Å². The van der Waals surface area contributed by atoms with Gasteiger partial charge in [-0.05, 0) is 0 Å². The van der Waals surface area contributed by atoms with Crippen LogP contribution in [0.15, 0.2) is 0 Å². The van der Waals surface area contributed by atoms with Crippen LogP contribution in [0.5, 0.6) is 0 Å². The predicted octanol–water partition coefficient (Wildman–Crippen LogP) is 2.23. The van der Waals surface area contributed by atoms with Gasteiger partial charge in [0.05, 0.1) is 0 Å². The van der Waals surface area contributed by atoms with E-state index in [1.807, 2.05) is 0 Å². The van der Waals surface area contributed by atoms with Crippen LogP contribution in [0.2, 0.25) is 10.6 Å². The quantitative estimate of drug-likeness (QED) is 0.608. The summed E-state index contributed by atoms with van der Waals surface area (Å²) in [5, 5.41) is 1.96. The Kier molecular flexibility index (Phi) is 5.67. The second kappa shape index (κ2) is 5.46. The first-order valence-electron chi connectivity index (χ1n) is 3.16. The molecule has 0 saturated carbocycles. The van der Waals surface area contributed by atoms with Gasteiger partial charge in [-0.1, -0.05) is 0 Å². The van der Waals surface area contributed by atoms with Crippen molar-refractivity contribution < 1.29 is 3.83 Å². The second-order valence-corrected chi connectivity index (χ2v) is 5.41. The minimum absolute atomic E-state index is 0.980. The summed E-state index contributed by atoms with van der Waals surface area (Å²) in [6.07, 6.45) is 2.18. The van der Waals surface area contributed by atoms with Crippen LogP contribution < -0.4 is 0 Å². The fourth-order valence-corrected chi connectivity index (χ4v) is 2.90. The van der Waals surface area contributed by atoms with Gasteiger partial charge < -0.3 is 0 Å². The maximum absolute atomic E-state index is 10.9. The Bertz CT molecular complexity index is 62.9. The summed E-state index contributed by atoms with van der Waals surface area (Å²) >= 11 is -1.34. The van der Waals surface area contributed by atoms with Gasteiger partial charge in [0.25, 0.3) is 0 Å². The molecule has 0 unspecified atom stereocenters. The van der Waals surface area contributed by atoms with E-state index in [1.165, 1.54) is 0 Å². The fraction of sp³-hybridized carbons (Fsp3) is 1.00. The van der Waals surface area contributed by atoms with Gasteiger partial charge in [-0.25, -0.2) is 0 Å². The van der Waals surface area contributed by atoms with Crippen LogP contribution in [0.3, 0.4) is 0 Å². The number of hydrogen-bond donors (Lipinski definition) is 0. The van der Waals surface area contributed by atoms with E-state index in [1.54, 1.807) is 0 Å². The molecule has 1 nitrogen and oxygen atoms in total. The fourth-order valence-electron chi connectivity index (χ4n) is 0.557. The van der Waals surface area contributed by atoms with E-state index < -0.39 is 13.8 Å². The zero-order valence-electron chi connectivity index (χ0n) is 5.64. The van der Waals surface area contributed by atoms with Crippen LogP contribution in [-0.2, 0) is 3.83 Å². The van der Waals surface area contributed by atoms with Crippen molar-refractivity contribution >= 4 is 13.8 Å². The van der Waals surface area contributed by atoms with Crippen LogP contribution in [0.25, 0.3) is 0 Å². The van der Waals surface area contributed by atoms with Crippen molar-refractivity contribution in [2.45, 2.75) is 37.3 Å². The summed E-state index contributed by atoms with van der Waals surface area (Å²) in [5.74, 6) is 0. The SMILES string of the molecule is CCC[Se](=O)CCC. The monoisotopic (exact) mass is 182 g/mol. The van der Waals surface area contributed by atoms with Crippen molar-refractivity contribution in [1.82, 2.24) is 0 Å².